The Bertz CT molecular complexity index is 1150. The Morgan fingerprint density at radius 1 is 0.688 bits per heavy atom. The van der Waals surface area contributed by atoms with Crippen molar-refractivity contribution in [2.75, 3.05) is 7.11 Å². The van der Waals surface area contributed by atoms with Crippen molar-refractivity contribution >= 4 is 11.9 Å². The maximum atomic E-state index is 12.8. The lowest BCUT2D eigenvalue weighted by Crippen LogP contribution is -2.12. The average Bonchev–Trinajstić information content (AvgIpc) is 2.85. The van der Waals surface area contributed by atoms with Gasteiger partial charge in [-0.3, -0.25) is 4.98 Å². The molecule has 1 heterocycles. The van der Waals surface area contributed by atoms with Crippen LogP contribution in [0.25, 0.3) is 11.3 Å². The van der Waals surface area contributed by atoms with Crippen LogP contribution in [-0.2, 0) is 0 Å². The number of esters is 2. The van der Waals surface area contributed by atoms with E-state index in [0.717, 1.165) is 0 Å². The van der Waals surface area contributed by atoms with Gasteiger partial charge in [-0.2, -0.15) is 0 Å². The molecule has 0 saturated heterocycles. The Balaban J connectivity index is 1.80. The van der Waals surface area contributed by atoms with E-state index in [9.17, 15) is 9.59 Å². The van der Waals surface area contributed by atoms with Crippen LogP contribution in [-0.4, -0.2) is 24.0 Å². The smallest absolute Gasteiger partial charge is 0.343 e. The monoisotopic (exact) mass is 425 g/mol. The van der Waals surface area contributed by atoms with Crippen molar-refractivity contribution in [2.24, 2.45) is 0 Å². The summed E-state index contributed by atoms with van der Waals surface area (Å²) in [5.41, 5.74) is 1.59. The van der Waals surface area contributed by atoms with Gasteiger partial charge in [-0.15, -0.1) is 0 Å². The van der Waals surface area contributed by atoms with E-state index in [1.807, 2.05) is 12.1 Å². The maximum absolute atomic E-state index is 12.8. The molecule has 1 aromatic heterocycles. The molecule has 4 aromatic rings. The molecular weight excluding hydrogens is 406 g/mol. The zero-order valence-electron chi connectivity index (χ0n) is 17.2. The largest absolute Gasteiger partial charge is 0.496 e. The van der Waals surface area contributed by atoms with E-state index < -0.39 is 11.9 Å². The SMILES string of the molecule is COc1cc(OC(=O)c2ccccc2)c(-c2ccccn2)c(OC(=O)c2ccccc2)c1. The summed E-state index contributed by atoms with van der Waals surface area (Å²) >= 11 is 0. The van der Waals surface area contributed by atoms with Crippen LogP contribution in [0.2, 0.25) is 0 Å². The molecule has 0 aliphatic carbocycles. The van der Waals surface area contributed by atoms with Gasteiger partial charge in [0.1, 0.15) is 17.2 Å². The van der Waals surface area contributed by atoms with E-state index in [4.69, 9.17) is 14.2 Å². The highest BCUT2D eigenvalue weighted by Gasteiger charge is 2.22. The summed E-state index contributed by atoms with van der Waals surface area (Å²) < 4.78 is 16.8. The van der Waals surface area contributed by atoms with Gasteiger partial charge < -0.3 is 14.2 Å². The number of nitrogens with zero attached hydrogens (tertiary/aromatic N) is 1. The number of ether oxygens (including phenoxy) is 3. The van der Waals surface area contributed by atoms with Gasteiger partial charge in [-0.1, -0.05) is 42.5 Å². The van der Waals surface area contributed by atoms with Gasteiger partial charge in [0.05, 0.1) is 29.5 Å². The molecule has 0 spiro atoms. The van der Waals surface area contributed by atoms with Crippen molar-refractivity contribution in [3.63, 3.8) is 0 Å². The Labute approximate surface area is 185 Å². The summed E-state index contributed by atoms with van der Waals surface area (Å²) in [6.45, 7) is 0. The number of benzene rings is 3. The Morgan fingerprint density at radius 3 is 1.62 bits per heavy atom. The van der Waals surface area contributed by atoms with Crippen LogP contribution < -0.4 is 14.2 Å². The standard InChI is InChI=1S/C26H19NO5/c1-30-20-16-22(31-25(28)18-10-4-2-5-11-18)24(21-14-8-9-15-27-21)23(17-20)32-26(29)19-12-6-3-7-13-19/h2-17H,1H3. The van der Waals surface area contributed by atoms with Crippen LogP contribution >= 0.6 is 0 Å². The summed E-state index contributed by atoms with van der Waals surface area (Å²) in [5.74, 6) is -0.440. The third kappa shape index (κ3) is 4.65. The molecule has 4 rings (SSSR count). The van der Waals surface area contributed by atoms with Gasteiger partial charge in [0.2, 0.25) is 0 Å². The fraction of sp³-hybridized carbons (Fsp3) is 0.0385. The van der Waals surface area contributed by atoms with E-state index in [-0.39, 0.29) is 11.5 Å². The molecule has 0 unspecified atom stereocenters. The van der Waals surface area contributed by atoms with Gasteiger partial charge >= 0.3 is 11.9 Å². The van der Waals surface area contributed by atoms with Crippen LogP contribution in [0, 0.1) is 0 Å². The second-order valence-corrected chi connectivity index (χ2v) is 6.72. The minimum Gasteiger partial charge on any atom is -0.496 e. The number of rotatable bonds is 6. The maximum Gasteiger partial charge on any atom is 0.343 e. The number of hydrogen-bond acceptors (Lipinski definition) is 6. The fourth-order valence-electron chi connectivity index (χ4n) is 3.07. The van der Waals surface area contributed by atoms with Crippen LogP contribution in [0.5, 0.6) is 17.2 Å². The first-order chi connectivity index (χ1) is 15.7. The summed E-state index contributed by atoms with van der Waals surface area (Å²) in [6.07, 6.45) is 1.60. The second kappa shape index (κ2) is 9.57. The number of carbonyl (C=O) groups is 2. The molecular formula is C26H19NO5. The predicted molar refractivity (Wildman–Crippen MR) is 119 cm³/mol. The zero-order chi connectivity index (χ0) is 22.3. The van der Waals surface area contributed by atoms with Gasteiger partial charge in [-0.05, 0) is 36.4 Å². The minimum absolute atomic E-state index is 0.160. The summed E-state index contributed by atoms with van der Waals surface area (Å²) in [5, 5.41) is 0. The van der Waals surface area contributed by atoms with Crippen LogP contribution in [0.3, 0.4) is 0 Å². The van der Waals surface area contributed by atoms with E-state index in [1.54, 1.807) is 85.1 Å². The normalized spacial score (nSPS) is 10.3. The van der Waals surface area contributed by atoms with Crippen molar-refractivity contribution in [3.05, 3.63) is 108 Å². The first-order valence-corrected chi connectivity index (χ1v) is 9.83. The number of methoxy groups -OCH3 is 1. The predicted octanol–water partition coefficient (Wildman–Crippen LogP) is 5.20. The molecule has 0 amide bonds. The summed E-state index contributed by atoms with van der Waals surface area (Å²) in [6, 6.07) is 25.6. The molecule has 0 atom stereocenters. The van der Waals surface area contributed by atoms with Crippen LogP contribution in [0.4, 0.5) is 0 Å². The van der Waals surface area contributed by atoms with Crippen LogP contribution in [0.15, 0.2) is 97.2 Å². The van der Waals surface area contributed by atoms with Gasteiger partial charge in [0, 0.05) is 18.3 Å². The third-order valence-corrected chi connectivity index (χ3v) is 4.62. The number of carbonyl (C=O) groups excluding carboxylic acids is 2. The lowest BCUT2D eigenvalue weighted by molar-refractivity contribution is 0.0734. The fourth-order valence-corrected chi connectivity index (χ4v) is 3.07. The quantitative estimate of drug-likeness (QED) is 0.312. The molecule has 0 aliphatic rings. The second-order valence-electron chi connectivity index (χ2n) is 6.72. The topological polar surface area (TPSA) is 74.7 Å². The van der Waals surface area contributed by atoms with Gasteiger partial charge in [-0.25, -0.2) is 9.59 Å². The summed E-state index contributed by atoms with van der Waals surface area (Å²) in [7, 11) is 1.47. The van der Waals surface area contributed by atoms with E-state index in [2.05, 4.69) is 4.98 Å². The Hall–Kier alpha value is -4.45. The minimum atomic E-state index is -0.559. The highest BCUT2D eigenvalue weighted by molar-refractivity contribution is 5.94. The lowest BCUT2D eigenvalue weighted by Gasteiger charge is -2.16. The molecule has 0 saturated carbocycles. The third-order valence-electron chi connectivity index (χ3n) is 4.62. The highest BCUT2D eigenvalue weighted by Crippen LogP contribution is 2.41. The van der Waals surface area contributed by atoms with Crippen molar-refractivity contribution < 1.29 is 23.8 Å². The molecule has 0 aliphatic heterocycles. The Kier molecular flexibility index (Phi) is 6.22. The first-order valence-electron chi connectivity index (χ1n) is 9.83. The van der Waals surface area contributed by atoms with Gasteiger partial charge in [0.15, 0.2) is 0 Å². The Morgan fingerprint density at radius 2 is 1.19 bits per heavy atom. The zero-order valence-corrected chi connectivity index (χ0v) is 17.2. The molecule has 0 bridgehead atoms. The van der Waals surface area contributed by atoms with Crippen LogP contribution in [0.1, 0.15) is 20.7 Å². The van der Waals surface area contributed by atoms with E-state index in [0.29, 0.717) is 28.1 Å². The number of aromatic nitrogens is 1. The number of hydrogen-bond donors (Lipinski definition) is 0. The molecule has 3 aromatic carbocycles. The lowest BCUT2D eigenvalue weighted by atomic mass is 10.1. The number of pyridine rings is 1. The van der Waals surface area contributed by atoms with Crippen molar-refractivity contribution in [3.8, 4) is 28.5 Å². The van der Waals surface area contributed by atoms with Crippen molar-refractivity contribution in [2.45, 2.75) is 0 Å². The molecule has 6 nitrogen and oxygen atoms in total. The average molecular weight is 425 g/mol. The van der Waals surface area contributed by atoms with Crippen molar-refractivity contribution in [1.82, 2.24) is 4.98 Å². The molecule has 0 N–H and O–H groups in total. The van der Waals surface area contributed by atoms with Crippen molar-refractivity contribution in [1.29, 1.82) is 0 Å². The molecule has 32 heavy (non-hydrogen) atoms. The molecule has 0 radical (unpaired) electrons. The van der Waals surface area contributed by atoms with E-state index >= 15 is 0 Å². The van der Waals surface area contributed by atoms with E-state index in [1.165, 1.54) is 7.11 Å². The summed E-state index contributed by atoms with van der Waals surface area (Å²) in [4.78, 5) is 29.9. The molecule has 0 fully saturated rings. The highest BCUT2D eigenvalue weighted by atomic mass is 16.5. The molecule has 158 valence electrons. The van der Waals surface area contributed by atoms with Gasteiger partial charge in [0.25, 0.3) is 0 Å². The molecule has 6 heteroatoms. The first kappa shape index (κ1) is 20.8.